The molecule has 1 saturated heterocycles. The molecule has 7 nitrogen and oxygen atoms in total. The van der Waals surface area contributed by atoms with Crippen LogP contribution in [0.2, 0.25) is 0 Å². The number of aromatic hydroxyl groups is 1. The Balaban J connectivity index is 1.25. The molecule has 37 heavy (non-hydrogen) atoms. The Hall–Kier alpha value is -3.45. The summed E-state index contributed by atoms with van der Waals surface area (Å²) >= 11 is 0. The highest BCUT2D eigenvalue weighted by Gasteiger charge is 2.38. The predicted octanol–water partition coefficient (Wildman–Crippen LogP) is 3.98. The van der Waals surface area contributed by atoms with E-state index in [4.69, 9.17) is 0 Å². The molecule has 0 bridgehead atoms. The Morgan fingerprint density at radius 1 is 0.892 bits per heavy atom. The topological polar surface area (TPSA) is 77.0 Å². The van der Waals surface area contributed by atoms with Gasteiger partial charge in [0.05, 0.1) is 5.52 Å². The number of phenolic OH excluding ortho intramolecular Hbond substituents is 1. The first-order valence-electron chi connectivity index (χ1n) is 13.6. The van der Waals surface area contributed by atoms with Crippen LogP contribution < -0.4 is 0 Å². The van der Waals surface area contributed by atoms with Gasteiger partial charge in [0, 0.05) is 62.3 Å². The van der Waals surface area contributed by atoms with E-state index < -0.39 is 6.04 Å². The number of fused-ring (bicyclic) bond motifs is 2. The van der Waals surface area contributed by atoms with Crippen LogP contribution >= 0.6 is 0 Å². The minimum absolute atomic E-state index is 0.00749. The molecule has 1 atom stereocenters. The smallest absolute Gasteiger partial charge is 0.254 e. The first-order valence-corrected chi connectivity index (χ1v) is 13.6. The van der Waals surface area contributed by atoms with Gasteiger partial charge in [-0.3, -0.25) is 19.5 Å². The molecule has 3 heterocycles. The fraction of sp³-hybridized carbons (Fsp3) is 0.433. The van der Waals surface area contributed by atoms with Crippen LogP contribution in [0.3, 0.4) is 0 Å². The van der Waals surface area contributed by atoms with E-state index in [0.29, 0.717) is 37.7 Å². The summed E-state index contributed by atoms with van der Waals surface area (Å²) in [6, 6.07) is 14.6. The van der Waals surface area contributed by atoms with Gasteiger partial charge in [-0.1, -0.05) is 31.4 Å². The van der Waals surface area contributed by atoms with Crippen LogP contribution in [0.4, 0.5) is 0 Å². The molecule has 1 saturated carbocycles. The summed E-state index contributed by atoms with van der Waals surface area (Å²) in [5, 5.41) is 11.0. The van der Waals surface area contributed by atoms with Crippen LogP contribution in [0.25, 0.3) is 10.9 Å². The van der Waals surface area contributed by atoms with Crippen molar-refractivity contribution in [2.75, 3.05) is 26.2 Å². The third-order valence-electron chi connectivity index (χ3n) is 8.43. The maximum atomic E-state index is 13.9. The SMILES string of the molecule is O=C([C@H]1Cc2cc(O)ccc2CN1C(=O)c1ccc2ncccc2c1)N1CCN(C2CCCCC2)CC1. The fourth-order valence-electron chi connectivity index (χ4n) is 6.34. The van der Waals surface area contributed by atoms with Crippen LogP contribution in [0.5, 0.6) is 5.75 Å². The molecule has 2 aromatic carbocycles. The number of aromatic nitrogens is 1. The van der Waals surface area contributed by atoms with Gasteiger partial charge in [0.25, 0.3) is 5.91 Å². The Labute approximate surface area is 217 Å². The standard InChI is InChI=1S/C30H34N4O3/c35-26-10-8-23-20-34(29(36)22-9-11-27-21(17-22)5-4-12-31-27)28(19-24(23)18-26)30(37)33-15-13-32(14-16-33)25-6-2-1-3-7-25/h4-5,8-12,17-18,25,28,35H,1-3,6-7,13-16,19-20H2/t28-/m1/s1. The fourth-order valence-corrected chi connectivity index (χ4v) is 6.34. The van der Waals surface area contributed by atoms with Gasteiger partial charge in [0.1, 0.15) is 11.8 Å². The van der Waals surface area contributed by atoms with Crippen LogP contribution in [0, 0.1) is 0 Å². The van der Waals surface area contributed by atoms with E-state index in [1.807, 2.05) is 35.2 Å². The van der Waals surface area contributed by atoms with Crippen molar-refractivity contribution in [3.63, 3.8) is 0 Å². The zero-order valence-corrected chi connectivity index (χ0v) is 21.2. The molecule has 7 heteroatoms. The van der Waals surface area contributed by atoms with Crippen molar-refractivity contribution in [1.29, 1.82) is 0 Å². The molecule has 2 aliphatic heterocycles. The normalized spacial score (nSPS) is 21.1. The number of carbonyl (C=O) groups is 2. The van der Waals surface area contributed by atoms with E-state index in [2.05, 4.69) is 9.88 Å². The lowest BCUT2D eigenvalue weighted by Crippen LogP contribution is -2.58. The Morgan fingerprint density at radius 2 is 1.70 bits per heavy atom. The predicted molar refractivity (Wildman–Crippen MR) is 142 cm³/mol. The van der Waals surface area contributed by atoms with E-state index in [9.17, 15) is 14.7 Å². The van der Waals surface area contributed by atoms with E-state index in [-0.39, 0.29) is 17.6 Å². The highest BCUT2D eigenvalue weighted by Crippen LogP contribution is 2.30. The van der Waals surface area contributed by atoms with Gasteiger partial charge < -0.3 is 14.9 Å². The second-order valence-corrected chi connectivity index (χ2v) is 10.7. The van der Waals surface area contributed by atoms with E-state index in [0.717, 1.165) is 35.1 Å². The lowest BCUT2D eigenvalue weighted by atomic mass is 9.91. The number of carbonyl (C=O) groups excluding carboxylic acids is 2. The van der Waals surface area contributed by atoms with Crippen LogP contribution in [0.15, 0.2) is 54.7 Å². The maximum absolute atomic E-state index is 13.9. The minimum atomic E-state index is -0.590. The van der Waals surface area contributed by atoms with Crippen molar-refractivity contribution in [1.82, 2.24) is 19.7 Å². The average molecular weight is 499 g/mol. The van der Waals surface area contributed by atoms with Crippen molar-refractivity contribution < 1.29 is 14.7 Å². The molecule has 1 N–H and O–H groups in total. The molecule has 6 rings (SSSR count). The summed E-state index contributed by atoms with van der Waals surface area (Å²) < 4.78 is 0. The van der Waals surface area contributed by atoms with Gasteiger partial charge in [-0.15, -0.1) is 0 Å². The number of rotatable bonds is 3. The number of hydrogen-bond acceptors (Lipinski definition) is 5. The van der Waals surface area contributed by atoms with Crippen molar-refractivity contribution in [2.45, 2.75) is 57.2 Å². The highest BCUT2D eigenvalue weighted by molar-refractivity contribution is 6.00. The van der Waals surface area contributed by atoms with Crippen LogP contribution in [-0.2, 0) is 17.8 Å². The molecule has 2 amide bonds. The summed E-state index contributed by atoms with van der Waals surface area (Å²) in [6.07, 6.45) is 8.63. The Morgan fingerprint density at radius 3 is 2.51 bits per heavy atom. The number of phenols is 1. The zero-order chi connectivity index (χ0) is 25.4. The molecular weight excluding hydrogens is 464 g/mol. The summed E-state index contributed by atoms with van der Waals surface area (Å²) in [6.45, 7) is 3.53. The summed E-state index contributed by atoms with van der Waals surface area (Å²) in [7, 11) is 0. The summed E-state index contributed by atoms with van der Waals surface area (Å²) in [5.74, 6) is 0.0459. The molecule has 0 radical (unpaired) electrons. The molecule has 3 aliphatic rings. The largest absolute Gasteiger partial charge is 0.508 e. The highest BCUT2D eigenvalue weighted by atomic mass is 16.3. The van der Waals surface area contributed by atoms with Gasteiger partial charge in [-0.05, 0) is 60.4 Å². The third kappa shape index (κ3) is 4.80. The second-order valence-electron chi connectivity index (χ2n) is 10.7. The number of hydrogen-bond donors (Lipinski definition) is 1. The average Bonchev–Trinajstić information content (AvgIpc) is 2.96. The van der Waals surface area contributed by atoms with Gasteiger partial charge in [-0.2, -0.15) is 0 Å². The number of amides is 2. The lowest BCUT2D eigenvalue weighted by Gasteiger charge is -2.43. The van der Waals surface area contributed by atoms with Crippen molar-refractivity contribution >= 4 is 22.7 Å². The zero-order valence-electron chi connectivity index (χ0n) is 21.2. The Kier molecular flexibility index (Phi) is 6.55. The molecule has 0 unspecified atom stereocenters. The van der Waals surface area contributed by atoms with Crippen molar-refractivity contribution in [2.24, 2.45) is 0 Å². The van der Waals surface area contributed by atoms with E-state index in [1.54, 1.807) is 29.3 Å². The van der Waals surface area contributed by atoms with Crippen molar-refractivity contribution in [3.8, 4) is 5.75 Å². The monoisotopic (exact) mass is 498 g/mol. The van der Waals surface area contributed by atoms with E-state index >= 15 is 0 Å². The molecule has 3 aromatic rings. The number of nitrogens with zero attached hydrogens (tertiary/aromatic N) is 4. The Bertz CT molecular complexity index is 1310. The lowest BCUT2D eigenvalue weighted by molar-refractivity contribution is -0.138. The second kappa shape index (κ2) is 10.1. The van der Waals surface area contributed by atoms with Crippen LogP contribution in [0.1, 0.15) is 53.6 Å². The van der Waals surface area contributed by atoms with Gasteiger partial charge in [0.15, 0.2) is 0 Å². The molecule has 2 fully saturated rings. The van der Waals surface area contributed by atoms with Gasteiger partial charge >= 0.3 is 0 Å². The van der Waals surface area contributed by atoms with Crippen LogP contribution in [-0.4, -0.2) is 74.9 Å². The molecule has 192 valence electrons. The van der Waals surface area contributed by atoms with Gasteiger partial charge in [-0.25, -0.2) is 0 Å². The maximum Gasteiger partial charge on any atom is 0.254 e. The van der Waals surface area contributed by atoms with Crippen molar-refractivity contribution in [3.05, 3.63) is 71.4 Å². The molecular formula is C30H34N4O3. The summed E-state index contributed by atoms with van der Waals surface area (Å²) in [5.41, 5.74) is 3.30. The molecule has 0 spiro atoms. The van der Waals surface area contributed by atoms with Gasteiger partial charge in [0.2, 0.25) is 5.91 Å². The first-order chi connectivity index (χ1) is 18.1. The summed E-state index contributed by atoms with van der Waals surface area (Å²) in [4.78, 5) is 38.4. The molecule has 1 aliphatic carbocycles. The number of pyridine rings is 1. The quantitative estimate of drug-likeness (QED) is 0.591. The number of piperazine rings is 1. The number of benzene rings is 2. The first kappa shape index (κ1) is 23.9. The minimum Gasteiger partial charge on any atom is -0.508 e. The third-order valence-corrected chi connectivity index (χ3v) is 8.43. The molecule has 1 aromatic heterocycles. The van der Waals surface area contributed by atoms with E-state index in [1.165, 1.54) is 32.1 Å².